The fraction of sp³-hybridized carbons (Fsp3) is 0.333. The van der Waals surface area contributed by atoms with Gasteiger partial charge >= 0.3 is 5.69 Å². The van der Waals surface area contributed by atoms with E-state index in [1.54, 1.807) is 0 Å². The van der Waals surface area contributed by atoms with Gasteiger partial charge in [0.25, 0.3) is 5.56 Å². The molecular formula is C24H24ClFN2O5. The van der Waals surface area contributed by atoms with Gasteiger partial charge in [-0.3, -0.25) is 14.3 Å². The number of nitrogens with one attached hydrogen (secondary N) is 1. The Morgan fingerprint density at radius 2 is 1.64 bits per heavy atom. The minimum atomic E-state index is -1.55. The van der Waals surface area contributed by atoms with E-state index in [1.165, 1.54) is 12.3 Å². The smallest absolute Gasteiger partial charge is 0.330 e. The molecule has 7 nitrogen and oxygen atoms in total. The first-order valence-electron chi connectivity index (χ1n) is 10.5. The number of H-pyrrole nitrogens is 1. The molecule has 174 valence electrons. The van der Waals surface area contributed by atoms with Crippen LogP contribution in [0.2, 0.25) is 0 Å². The van der Waals surface area contributed by atoms with Crippen LogP contribution in [0.25, 0.3) is 0 Å². The largest absolute Gasteiger partial charge is 0.374 e. The Morgan fingerprint density at radius 1 is 1.00 bits per heavy atom. The van der Waals surface area contributed by atoms with Crippen LogP contribution in [0.4, 0.5) is 4.39 Å². The zero-order valence-corrected chi connectivity index (χ0v) is 18.5. The molecule has 0 spiro atoms. The van der Waals surface area contributed by atoms with Crippen LogP contribution < -0.4 is 11.2 Å². The summed E-state index contributed by atoms with van der Waals surface area (Å²) in [7, 11) is 0. The monoisotopic (exact) mass is 474 g/mol. The molecule has 0 bridgehead atoms. The Labute approximate surface area is 194 Å². The van der Waals surface area contributed by atoms with E-state index in [9.17, 15) is 14.0 Å². The minimum Gasteiger partial charge on any atom is -0.374 e. The number of hydrogen-bond donors (Lipinski definition) is 1. The molecule has 9 heteroatoms. The van der Waals surface area contributed by atoms with Gasteiger partial charge in [-0.25, -0.2) is 9.18 Å². The zero-order valence-electron chi connectivity index (χ0n) is 17.7. The summed E-state index contributed by atoms with van der Waals surface area (Å²) in [6.07, 6.45) is -0.717. The predicted octanol–water partition coefficient (Wildman–Crippen LogP) is 3.18. The number of nitrogens with zero attached hydrogens (tertiary/aromatic N) is 1. The second-order valence-corrected chi connectivity index (χ2v) is 8.37. The molecule has 1 N–H and O–H groups in total. The molecule has 0 aliphatic carbocycles. The average molecular weight is 475 g/mol. The van der Waals surface area contributed by atoms with Crippen LogP contribution >= 0.6 is 11.6 Å². The summed E-state index contributed by atoms with van der Waals surface area (Å²) < 4.78 is 33.6. The average Bonchev–Trinajstić information content (AvgIpc) is 3.10. The molecule has 33 heavy (non-hydrogen) atoms. The third-order valence-corrected chi connectivity index (χ3v) is 5.96. The molecule has 1 fully saturated rings. The molecule has 2 aromatic carbocycles. The fourth-order valence-corrected chi connectivity index (χ4v) is 4.31. The van der Waals surface area contributed by atoms with Crippen LogP contribution in [-0.4, -0.2) is 39.9 Å². The molecular weight excluding hydrogens is 451 g/mol. The molecule has 0 amide bonds. The third-order valence-electron chi connectivity index (χ3n) is 5.52. The van der Waals surface area contributed by atoms with Crippen LogP contribution in [0.1, 0.15) is 17.4 Å². The van der Waals surface area contributed by atoms with Gasteiger partial charge in [-0.15, -0.1) is 11.6 Å². The van der Waals surface area contributed by atoms with Crippen molar-refractivity contribution in [1.29, 1.82) is 0 Å². The van der Waals surface area contributed by atoms with E-state index in [0.29, 0.717) is 0 Å². The Kier molecular flexibility index (Phi) is 7.39. The van der Waals surface area contributed by atoms with Gasteiger partial charge in [0.15, 0.2) is 6.23 Å². The van der Waals surface area contributed by atoms with Gasteiger partial charge in [0.2, 0.25) is 0 Å². The number of rotatable bonds is 9. The number of halogens is 2. The lowest BCUT2D eigenvalue weighted by Gasteiger charge is -2.32. The lowest BCUT2D eigenvalue weighted by Crippen LogP contribution is -2.49. The van der Waals surface area contributed by atoms with Crippen molar-refractivity contribution in [1.82, 2.24) is 9.55 Å². The fourth-order valence-electron chi connectivity index (χ4n) is 3.83. The molecule has 4 atom stereocenters. The number of aromatic nitrogens is 2. The first kappa shape index (κ1) is 23.4. The maximum absolute atomic E-state index is 14.6. The standard InChI is InChI=1S/C24H24ClFN2O5/c25-20-21(32-14-18-9-5-2-6-10-18)24(15-26,16-31-13-17-7-3-1-4-8-17)33-22(20)28-12-11-19(29)27-23(28)30/h1-12,20-22H,13-16H2,(H,27,29,30)/t20-,21-,22+,24+/m0/s1. The predicted molar refractivity (Wildman–Crippen MR) is 121 cm³/mol. The molecule has 0 saturated carbocycles. The van der Waals surface area contributed by atoms with Crippen molar-refractivity contribution in [2.75, 3.05) is 13.3 Å². The molecule has 1 aliphatic rings. The van der Waals surface area contributed by atoms with Gasteiger partial charge in [0.1, 0.15) is 23.8 Å². The lowest BCUT2D eigenvalue weighted by molar-refractivity contribution is -0.165. The SMILES string of the molecule is O=c1ccn([C@@H]2O[C@](CF)(COCc3ccccc3)[C@@H](OCc3ccccc3)[C@@H]2Cl)c(=O)[nH]1. The third kappa shape index (κ3) is 5.25. The van der Waals surface area contributed by atoms with Crippen molar-refractivity contribution in [3.63, 3.8) is 0 Å². The first-order chi connectivity index (χ1) is 16.0. The topological polar surface area (TPSA) is 82.5 Å². The lowest BCUT2D eigenvalue weighted by atomic mass is 9.98. The van der Waals surface area contributed by atoms with Gasteiger partial charge in [0, 0.05) is 12.3 Å². The summed E-state index contributed by atoms with van der Waals surface area (Å²) in [6.45, 7) is -0.673. The van der Waals surface area contributed by atoms with Crippen molar-refractivity contribution in [3.8, 4) is 0 Å². The summed E-state index contributed by atoms with van der Waals surface area (Å²) in [5, 5.41) is -0.923. The normalized spacial score (nSPS) is 24.7. The number of benzene rings is 2. The highest BCUT2D eigenvalue weighted by atomic mass is 35.5. The first-order valence-corrected chi connectivity index (χ1v) is 10.9. The van der Waals surface area contributed by atoms with Gasteiger partial charge in [-0.05, 0) is 11.1 Å². The number of hydrogen-bond acceptors (Lipinski definition) is 5. The summed E-state index contributed by atoms with van der Waals surface area (Å²) in [4.78, 5) is 26.0. The van der Waals surface area contributed by atoms with Crippen LogP contribution in [0.3, 0.4) is 0 Å². The molecule has 1 saturated heterocycles. The molecule has 1 aliphatic heterocycles. The Bertz CT molecular complexity index is 1160. The Hall–Kier alpha value is -2.78. The second kappa shape index (κ2) is 10.4. The number of ether oxygens (including phenoxy) is 3. The highest BCUT2D eigenvalue weighted by Crippen LogP contribution is 2.42. The van der Waals surface area contributed by atoms with Crippen LogP contribution in [-0.2, 0) is 27.4 Å². The van der Waals surface area contributed by atoms with Crippen molar-refractivity contribution in [2.45, 2.75) is 36.5 Å². The summed E-state index contributed by atoms with van der Waals surface area (Å²) in [5.41, 5.74) is -1.01. The summed E-state index contributed by atoms with van der Waals surface area (Å²) in [6, 6.07) is 20.0. The molecule has 4 rings (SSSR count). The summed E-state index contributed by atoms with van der Waals surface area (Å²) >= 11 is 6.69. The van der Waals surface area contributed by atoms with Crippen LogP contribution in [0.5, 0.6) is 0 Å². The molecule has 2 heterocycles. The van der Waals surface area contributed by atoms with E-state index in [0.717, 1.165) is 15.7 Å². The highest BCUT2D eigenvalue weighted by molar-refractivity contribution is 6.21. The van der Waals surface area contributed by atoms with Crippen molar-refractivity contribution in [3.05, 3.63) is 105 Å². The van der Waals surface area contributed by atoms with Gasteiger partial charge < -0.3 is 14.2 Å². The van der Waals surface area contributed by atoms with Gasteiger partial charge in [-0.2, -0.15) is 0 Å². The second-order valence-electron chi connectivity index (χ2n) is 7.86. The maximum atomic E-state index is 14.6. The number of aromatic amines is 1. The van der Waals surface area contributed by atoms with E-state index < -0.39 is 41.2 Å². The van der Waals surface area contributed by atoms with Crippen molar-refractivity contribution >= 4 is 11.6 Å². The maximum Gasteiger partial charge on any atom is 0.330 e. The van der Waals surface area contributed by atoms with E-state index in [4.69, 9.17) is 25.8 Å². The summed E-state index contributed by atoms with van der Waals surface area (Å²) in [5.74, 6) is 0. The van der Waals surface area contributed by atoms with E-state index in [-0.39, 0.29) is 19.8 Å². The number of alkyl halides is 2. The van der Waals surface area contributed by atoms with Crippen molar-refractivity contribution < 1.29 is 18.6 Å². The molecule has 3 aromatic rings. The van der Waals surface area contributed by atoms with Crippen LogP contribution in [0.15, 0.2) is 82.5 Å². The van der Waals surface area contributed by atoms with Gasteiger partial charge in [-0.1, -0.05) is 60.7 Å². The minimum absolute atomic E-state index is 0.143. The van der Waals surface area contributed by atoms with Gasteiger partial charge in [0.05, 0.1) is 19.8 Å². The molecule has 0 radical (unpaired) electrons. The Morgan fingerprint density at radius 3 is 2.24 bits per heavy atom. The Balaban J connectivity index is 1.59. The van der Waals surface area contributed by atoms with E-state index >= 15 is 0 Å². The molecule has 1 aromatic heterocycles. The quantitative estimate of drug-likeness (QED) is 0.482. The van der Waals surface area contributed by atoms with E-state index in [2.05, 4.69) is 4.98 Å². The zero-order chi connectivity index (χ0) is 23.3. The van der Waals surface area contributed by atoms with E-state index in [1.807, 2.05) is 60.7 Å². The highest BCUT2D eigenvalue weighted by Gasteiger charge is 2.57. The van der Waals surface area contributed by atoms with Crippen LogP contribution in [0, 0.1) is 0 Å². The van der Waals surface area contributed by atoms with Crippen molar-refractivity contribution in [2.24, 2.45) is 0 Å². The molecule has 0 unspecified atom stereocenters.